The summed E-state index contributed by atoms with van der Waals surface area (Å²) in [5.41, 5.74) is 3.80. The molecule has 1 atom stereocenters. The first kappa shape index (κ1) is 28.1. The van der Waals surface area contributed by atoms with Crippen molar-refractivity contribution < 1.29 is 9.53 Å². The fourth-order valence-corrected chi connectivity index (χ4v) is 4.71. The van der Waals surface area contributed by atoms with Crippen molar-refractivity contribution >= 4 is 23.3 Å². The monoisotopic (exact) mass is 553 g/mol. The van der Waals surface area contributed by atoms with Gasteiger partial charge in [-0.25, -0.2) is 24.9 Å². The van der Waals surface area contributed by atoms with Crippen LogP contribution in [0, 0.1) is 6.92 Å². The Morgan fingerprint density at radius 2 is 1.76 bits per heavy atom. The molecule has 1 aliphatic rings. The summed E-state index contributed by atoms with van der Waals surface area (Å²) in [7, 11) is 3.41. The molecule has 1 fully saturated rings. The first-order valence-electron chi connectivity index (χ1n) is 13.7. The minimum atomic E-state index is -0.210. The number of ether oxygens (including phenoxy) is 1. The van der Waals surface area contributed by atoms with E-state index in [2.05, 4.69) is 69.6 Å². The number of aryl methyl sites for hydroxylation is 1. The van der Waals surface area contributed by atoms with Crippen molar-refractivity contribution in [2.45, 2.75) is 19.4 Å². The zero-order valence-electron chi connectivity index (χ0n) is 23.6. The van der Waals surface area contributed by atoms with Crippen LogP contribution in [-0.4, -0.2) is 93.6 Å². The van der Waals surface area contributed by atoms with Gasteiger partial charge in [0.2, 0.25) is 0 Å². The lowest BCUT2D eigenvalue weighted by molar-refractivity contribution is -0.148. The third-order valence-electron chi connectivity index (χ3n) is 7.01. The van der Waals surface area contributed by atoms with Crippen LogP contribution in [0.1, 0.15) is 17.1 Å². The highest BCUT2D eigenvalue weighted by atomic mass is 16.5. The van der Waals surface area contributed by atoms with Gasteiger partial charge in [-0.2, -0.15) is 0 Å². The number of esters is 1. The average molecular weight is 554 g/mol. The number of carbonyl (C=O) groups excluding carboxylic acids is 1. The number of carbonyl (C=O) groups is 1. The number of likely N-dealkylation sites (N-methyl/N-ethyl adjacent to an activating group) is 1. The fraction of sp³-hybridized carbons (Fsp3) is 0.333. The minimum Gasteiger partial charge on any atom is -0.468 e. The lowest BCUT2D eigenvalue weighted by Gasteiger charge is -2.37. The number of benzene rings is 1. The van der Waals surface area contributed by atoms with Crippen molar-refractivity contribution in [2.24, 2.45) is 0 Å². The number of pyridine rings is 1. The summed E-state index contributed by atoms with van der Waals surface area (Å²) < 4.78 is 4.95. The zero-order chi connectivity index (χ0) is 28.6. The molecule has 2 N–H and O–H groups in total. The van der Waals surface area contributed by atoms with Gasteiger partial charge in [0.25, 0.3) is 0 Å². The summed E-state index contributed by atoms with van der Waals surface area (Å²) in [5.74, 6) is 2.38. The molecule has 1 saturated heterocycles. The highest BCUT2D eigenvalue weighted by molar-refractivity contribution is 5.76. The maximum absolute atomic E-state index is 12.0. The van der Waals surface area contributed by atoms with Crippen LogP contribution >= 0.6 is 0 Å². The third kappa shape index (κ3) is 7.59. The Morgan fingerprint density at radius 3 is 2.54 bits per heavy atom. The van der Waals surface area contributed by atoms with Gasteiger partial charge >= 0.3 is 5.97 Å². The molecule has 1 aliphatic heterocycles. The Balaban J connectivity index is 1.13. The van der Waals surface area contributed by atoms with Gasteiger partial charge in [0.15, 0.2) is 5.82 Å². The highest BCUT2D eigenvalue weighted by Crippen LogP contribution is 2.18. The van der Waals surface area contributed by atoms with E-state index in [0.29, 0.717) is 36.3 Å². The largest absolute Gasteiger partial charge is 0.468 e. The predicted octanol–water partition coefficient (Wildman–Crippen LogP) is 3.17. The molecule has 212 valence electrons. The molecule has 4 heterocycles. The van der Waals surface area contributed by atoms with E-state index in [9.17, 15) is 4.79 Å². The number of rotatable bonds is 10. The Kier molecular flexibility index (Phi) is 9.07. The number of piperazine rings is 1. The molecular weight excluding hydrogens is 518 g/mol. The summed E-state index contributed by atoms with van der Waals surface area (Å²) in [6.07, 6.45) is 4.05. The van der Waals surface area contributed by atoms with Crippen LogP contribution < -0.4 is 10.6 Å². The summed E-state index contributed by atoms with van der Waals surface area (Å²) >= 11 is 0. The maximum atomic E-state index is 12.0. The van der Waals surface area contributed by atoms with E-state index in [1.165, 1.54) is 7.11 Å². The summed E-state index contributed by atoms with van der Waals surface area (Å²) in [4.78, 5) is 39.0. The van der Waals surface area contributed by atoms with Gasteiger partial charge in [0.1, 0.15) is 29.2 Å². The lowest BCUT2D eigenvalue weighted by atomic mass is 10.1. The summed E-state index contributed by atoms with van der Waals surface area (Å²) in [6.45, 7) is 6.04. The average Bonchev–Trinajstić information content (AvgIpc) is 2.99. The van der Waals surface area contributed by atoms with E-state index < -0.39 is 0 Å². The second-order valence-corrected chi connectivity index (χ2v) is 10.0. The molecule has 0 radical (unpaired) electrons. The van der Waals surface area contributed by atoms with Gasteiger partial charge < -0.3 is 15.4 Å². The quantitative estimate of drug-likeness (QED) is 0.282. The van der Waals surface area contributed by atoms with Crippen molar-refractivity contribution in [3.05, 3.63) is 84.1 Å². The topological polar surface area (TPSA) is 121 Å². The Bertz CT molecular complexity index is 1460. The van der Waals surface area contributed by atoms with Gasteiger partial charge in [0.05, 0.1) is 7.11 Å². The zero-order valence-corrected chi connectivity index (χ0v) is 23.6. The Labute approximate surface area is 240 Å². The van der Waals surface area contributed by atoms with Gasteiger partial charge in [0, 0.05) is 62.9 Å². The number of nitrogens with zero attached hydrogens (tertiary/aromatic N) is 7. The van der Waals surface area contributed by atoms with E-state index in [1.54, 1.807) is 18.5 Å². The van der Waals surface area contributed by atoms with Crippen molar-refractivity contribution in [3.8, 4) is 11.5 Å². The second-order valence-electron chi connectivity index (χ2n) is 10.0. The molecule has 4 aromatic rings. The van der Waals surface area contributed by atoms with E-state index in [0.717, 1.165) is 48.8 Å². The van der Waals surface area contributed by atoms with Crippen LogP contribution in [0.3, 0.4) is 0 Å². The molecule has 5 rings (SSSR count). The summed E-state index contributed by atoms with van der Waals surface area (Å²) in [5, 5.41) is 6.74. The Hall–Kier alpha value is -4.48. The van der Waals surface area contributed by atoms with Crippen LogP contribution in [-0.2, 0) is 16.0 Å². The second kappa shape index (κ2) is 13.2. The number of aromatic nitrogens is 5. The molecule has 0 amide bonds. The smallest absolute Gasteiger partial charge is 0.324 e. The van der Waals surface area contributed by atoms with Crippen molar-refractivity contribution in [1.82, 2.24) is 34.7 Å². The van der Waals surface area contributed by atoms with Crippen LogP contribution in [0.15, 0.2) is 67.0 Å². The SMILES string of the molecule is COC(=O)C1CN(CCNc2ccc(Cc3nccc(Nc4ccnc(-c5cccc(C)n5)n4)n3)cc2)CCN1C. The minimum absolute atomic E-state index is 0.176. The Morgan fingerprint density at radius 1 is 0.976 bits per heavy atom. The van der Waals surface area contributed by atoms with E-state index in [-0.39, 0.29) is 12.0 Å². The van der Waals surface area contributed by atoms with Crippen molar-refractivity contribution in [3.63, 3.8) is 0 Å². The maximum Gasteiger partial charge on any atom is 0.324 e. The van der Waals surface area contributed by atoms with Gasteiger partial charge in [-0.3, -0.25) is 14.6 Å². The number of anilines is 3. The predicted molar refractivity (Wildman–Crippen MR) is 158 cm³/mol. The number of nitrogens with one attached hydrogen (secondary N) is 2. The number of hydrogen-bond acceptors (Lipinski definition) is 11. The molecular formula is C30H35N9O2. The molecule has 0 bridgehead atoms. The summed E-state index contributed by atoms with van der Waals surface area (Å²) in [6, 6.07) is 17.5. The molecule has 0 spiro atoms. The van der Waals surface area contributed by atoms with Crippen LogP contribution in [0.25, 0.3) is 11.5 Å². The molecule has 11 nitrogen and oxygen atoms in total. The normalized spacial score (nSPS) is 15.8. The van der Waals surface area contributed by atoms with Crippen LogP contribution in [0.2, 0.25) is 0 Å². The van der Waals surface area contributed by atoms with E-state index in [4.69, 9.17) is 4.74 Å². The molecule has 3 aromatic heterocycles. The first-order chi connectivity index (χ1) is 20.0. The molecule has 0 aliphatic carbocycles. The highest BCUT2D eigenvalue weighted by Gasteiger charge is 2.30. The van der Waals surface area contributed by atoms with Crippen LogP contribution in [0.4, 0.5) is 17.3 Å². The van der Waals surface area contributed by atoms with Crippen molar-refractivity contribution in [1.29, 1.82) is 0 Å². The molecule has 11 heteroatoms. The van der Waals surface area contributed by atoms with Crippen molar-refractivity contribution in [2.75, 3.05) is 57.5 Å². The molecule has 0 saturated carbocycles. The fourth-order valence-electron chi connectivity index (χ4n) is 4.71. The van der Waals surface area contributed by atoms with Gasteiger partial charge in [-0.15, -0.1) is 0 Å². The number of methoxy groups -OCH3 is 1. The van der Waals surface area contributed by atoms with E-state index in [1.807, 2.05) is 38.2 Å². The number of hydrogen-bond donors (Lipinski definition) is 2. The van der Waals surface area contributed by atoms with Gasteiger partial charge in [-0.1, -0.05) is 18.2 Å². The molecule has 1 aromatic carbocycles. The van der Waals surface area contributed by atoms with Crippen LogP contribution in [0.5, 0.6) is 0 Å². The molecule has 1 unspecified atom stereocenters. The van der Waals surface area contributed by atoms with Gasteiger partial charge in [-0.05, 0) is 55.9 Å². The standard InChI is InChI=1S/C30H35N9O2/c1-21-5-4-6-24(34-21)29-33-14-12-27(37-29)35-26-11-13-32-28(36-26)19-22-7-9-23(10-8-22)31-15-16-39-18-17-38(2)25(20-39)30(40)41-3/h4-14,25,31H,15-20H2,1-3H3,(H,32,33,35,36,37). The third-order valence-corrected chi connectivity index (χ3v) is 7.01. The molecule has 41 heavy (non-hydrogen) atoms. The lowest BCUT2D eigenvalue weighted by Crippen LogP contribution is -2.55. The van der Waals surface area contributed by atoms with E-state index >= 15 is 0 Å². The first-order valence-corrected chi connectivity index (χ1v) is 13.7.